The van der Waals surface area contributed by atoms with Crippen LogP contribution in [0.15, 0.2) is 18.2 Å². The van der Waals surface area contributed by atoms with Crippen LogP contribution in [0, 0.1) is 0 Å². The minimum absolute atomic E-state index is 0.146. The highest BCUT2D eigenvalue weighted by Crippen LogP contribution is 2.29. The number of carbonyl (C=O) groups is 3. The van der Waals surface area contributed by atoms with E-state index in [-0.39, 0.29) is 18.2 Å². The van der Waals surface area contributed by atoms with E-state index in [0.717, 1.165) is 36.8 Å². The zero-order valence-corrected chi connectivity index (χ0v) is 21.6. The molecular weight excluding hydrogens is 466 g/mol. The molecule has 1 heterocycles. The Kier molecular flexibility index (Phi) is 14.9. The summed E-state index contributed by atoms with van der Waals surface area (Å²) in [5, 5.41) is 5.56. The van der Waals surface area contributed by atoms with Crippen molar-refractivity contribution in [2.45, 2.75) is 38.3 Å². The molecule has 0 spiro atoms. The Morgan fingerprint density at radius 1 is 1.00 bits per heavy atom. The Balaban J connectivity index is 1.61. The van der Waals surface area contributed by atoms with E-state index in [4.69, 9.17) is 18.9 Å². The number of benzene rings is 1. The van der Waals surface area contributed by atoms with E-state index < -0.39 is 6.04 Å². The van der Waals surface area contributed by atoms with Crippen LogP contribution in [0.25, 0.3) is 0 Å². The average Bonchev–Trinajstić information content (AvgIpc) is 3.23. The molecule has 10 nitrogen and oxygen atoms in total. The maximum Gasteiger partial charge on any atom is 0.255 e. The number of fused-ring (bicyclic) bond motifs is 1. The van der Waals surface area contributed by atoms with Gasteiger partial charge in [0.15, 0.2) is 0 Å². The maximum atomic E-state index is 12.9. The normalized spacial score (nSPS) is 13.6. The van der Waals surface area contributed by atoms with Gasteiger partial charge in [0.25, 0.3) is 5.91 Å². The molecule has 10 heteroatoms. The minimum Gasteiger partial charge on any atom is -0.379 e. The summed E-state index contributed by atoms with van der Waals surface area (Å²) in [5.41, 5.74) is 2.69. The quantitative estimate of drug-likeness (QED) is 0.187. The summed E-state index contributed by atoms with van der Waals surface area (Å²) >= 11 is 0. The molecule has 1 aromatic rings. The number of hydrogen-bond acceptors (Lipinski definition) is 8. The van der Waals surface area contributed by atoms with Crippen LogP contribution in [0.5, 0.6) is 0 Å². The number of aldehydes is 1. The number of hydrogen-bond donors (Lipinski definition) is 2. The third kappa shape index (κ3) is 10.3. The van der Waals surface area contributed by atoms with Gasteiger partial charge in [0, 0.05) is 38.7 Å². The predicted octanol–water partition coefficient (Wildman–Crippen LogP) is 0.955. The van der Waals surface area contributed by atoms with E-state index in [9.17, 15) is 14.4 Å². The molecule has 1 atom stereocenters. The van der Waals surface area contributed by atoms with Gasteiger partial charge >= 0.3 is 0 Å². The molecule has 0 saturated carbocycles. The fourth-order valence-electron chi connectivity index (χ4n) is 3.92. The van der Waals surface area contributed by atoms with E-state index in [1.54, 1.807) is 18.0 Å². The van der Waals surface area contributed by atoms with Gasteiger partial charge in [-0.1, -0.05) is 12.1 Å². The van der Waals surface area contributed by atoms with Crippen molar-refractivity contribution in [2.75, 3.05) is 73.5 Å². The van der Waals surface area contributed by atoms with E-state index in [1.807, 2.05) is 19.2 Å². The minimum atomic E-state index is -0.611. The molecule has 0 fully saturated rings. The lowest BCUT2D eigenvalue weighted by Crippen LogP contribution is -2.37. The topological polar surface area (TPSA) is 115 Å². The van der Waals surface area contributed by atoms with Crippen LogP contribution in [0.3, 0.4) is 0 Å². The monoisotopic (exact) mass is 507 g/mol. The van der Waals surface area contributed by atoms with E-state index >= 15 is 0 Å². The zero-order chi connectivity index (χ0) is 26.0. The van der Waals surface area contributed by atoms with Gasteiger partial charge in [0.1, 0.15) is 6.29 Å². The molecule has 1 aliphatic rings. The van der Waals surface area contributed by atoms with Crippen molar-refractivity contribution in [1.29, 1.82) is 0 Å². The summed E-state index contributed by atoms with van der Waals surface area (Å²) in [4.78, 5) is 37.7. The summed E-state index contributed by atoms with van der Waals surface area (Å²) in [5.74, 6) is -0.300. The molecule has 1 aliphatic heterocycles. The molecule has 0 radical (unpaired) electrons. The Bertz CT molecular complexity index is 806. The van der Waals surface area contributed by atoms with Gasteiger partial charge in [-0.15, -0.1) is 0 Å². The average molecular weight is 508 g/mol. The molecule has 2 amide bonds. The van der Waals surface area contributed by atoms with Crippen LogP contribution < -0.4 is 10.6 Å². The number of aryl methyl sites for hydroxylation is 1. The lowest BCUT2D eigenvalue weighted by atomic mass is 10.00. The highest BCUT2D eigenvalue weighted by atomic mass is 16.6. The highest BCUT2D eigenvalue weighted by molar-refractivity contribution is 6.00. The number of amides is 2. The second kappa shape index (κ2) is 18.0. The number of ether oxygens (including phenoxy) is 4. The lowest BCUT2D eigenvalue weighted by Gasteiger charge is -2.22. The second-order valence-corrected chi connectivity index (χ2v) is 8.45. The van der Waals surface area contributed by atoms with E-state index in [1.165, 1.54) is 0 Å². The summed E-state index contributed by atoms with van der Waals surface area (Å²) < 4.78 is 22.0. The smallest absolute Gasteiger partial charge is 0.255 e. The number of likely N-dealkylation sites (N-methyl/N-ethyl adjacent to an activating group) is 1. The maximum absolute atomic E-state index is 12.9. The predicted molar refractivity (Wildman–Crippen MR) is 135 cm³/mol. The SMILES string of the molecule is CNCCOCCOCCOCCOCCCc1cccc2c1CN(C(C=O)CCC(=O)NC)C2=O. The number of nitrogens with one attached hydrogen (secondary N) is 2. The summed E-state index contributed by atoms with van der Waals surface area (Å²) in [7, 11) is 3.44. The van der Waals surface area contributed by atoms with Gasteiger partial charge < -0.3 is 39.3 Å². The van der Waals surface area contributed by atoms with Crippen LogP contribution in [0.1, 0.15) is 40.7 Å². The Labute approximate surface area is 214 Å². The standard InChI is InChI=1S/C26H41N3O7/c1-27-10-12-34-14-16-36-18-17-35-15-13-33-11-4-6-21-5-3-7-23-24(21)19-29(26(23)32)22(20-30)8-9-25(31)28-2/h3,5,7,20,22,27H,4,6,8-19H2,1-2H3,(H,28,31). The molecule has 1 unspecified atom stereocenters. The van der Waals surface area contributed by atoms with E-state index in [0.29, 0.717) is 71.4 Å². The summed E-state index contributed by atoms with van der Waals surface area (Å²) in [6.45, 7) is 5.70. The summed E-state index contributed by atoms with van der Waals surface area (Å²) in [6.07, 6.45) is 2.86. The van der Waals surface area contributed by atoms with Crippen molar-refractivity contribution >= 4 is 18.1 Å². The third-order valence-electron chi connectivity index (χ3n) is 5.94. The number of nitrogens with zero attached hydrogens (tertiary/aromatic N) is 1. The van der Waals surface area contributed by atoms with Crippen molar-refractivity contribution < 1.29 is 33.3 Å². The van der Waals surface area contributed by atoms with Crippen LogP contribution >= 0.6 is 0 Å². The molecule has 1 aromatic carbocycles. The largest absolute Gasteiger partial charge is 0.379 e. The first-order valence-electron chi connectivity index (χ1n) is 12.7. The number of rotatable bonds is 21. The first-order chi connectivity index (χ1) is 17.6. The summed E-state index contributed by atoms with van der Waals surface area (Å²) in [6, 6.07) is 5.09. The molecular formula is C26H41N3O7. The van der Waals surface area contributed by atoms with Crippen LogP contribution in [-0.4, -0.2) is 103 Å². The Morgan fingerprint density at radius 2 is 1.64 bits per heavy atom. The van der Waals surface area contributed by atoms with Gasteiger partial charge in [-0.25, -0.2) is 0 Å². The van der Waals surface area contributed by atoms with Gasteiger partial charge in [-0.2, -0.15) is 0 Å². The molecule has 36 heavy (non-hydrogen) atoms. The van der Waals surface area contributed by atoms with Crippen molar-refractivity contribution in [1.82, 2.24) is 15.5 Å². The fraction of sp³-hybridized carbons (Fsp3) is 0.654. The molecule has 0 bridgehead atoms. The number of carbonyl (C=O) groups excluding carboxylic acids is 3. The molecule has 2 N–H and O–H groups in total. The first kappa shape index (κ1) is 29.9. The Morgan fingerprint density at radius 3 is 2.25 bits per heavy atom. The van der Waals surface area contributed by atoms with Crippen molar-refractivity contribution in [2.24, 2.45) is 0 Å². The Hall–Kier alpha value is -2.37. The molecule has 0 saturated heterocycles. The van der Waals surface area contributed by atoms with Crippen molar-refractivity contribution in [3.05, 3.63) is 34.9 Å². The van der Waals surface area contributed by atoms with Gasteiger partial charge in [-0.3, -0.25) is 9.59 Å². The third-order valence-corrected chi connectivity index (χ3v) is 5.94. The van der Waals surface area contributed by atoms with Gasteiger partial charge in [0.2, 0.25) is 5.91 Å². The van der Waals surface area contributed by atoms with Gasteiger partial charge in [-0.05, 0) is 43.5 Å². The van der Waals surface area contributed by atoms with Crippen LogP contribution in [-0.2, 0) is 41.5 Å². The lowest BCUT2D eigenvalue weighted by molar-refractivity contribution is -0.121. The molecule has 202 valence electrons. The second-order valence-electron chi connectivity index (χ2n) is 8.45. The molecule has 2 rings (SSSR count). The molecule has 0 aromatic heterocycles. The fourth-order valence-corrected chi connectivity index (χ4v) is 3.92. The first-order valence-corrected chi connectivity index (χ1v) is 12.7. The molecule has 0 aliphatic carbocycles. The van der Waals surface area contributed by atoms with Gasteiger partial charge in [0.05, 0.1) is 52.3 Å². The van der Waals surface area contributed by atoms with Crippen LogP contribution in [0.2, 0.25) is 0 Å². The highest BCUT2D eigenvalue weighted by Gasteiger charge is 2.33. The van der Waals surface area contributed by atoms with Crippen molar-refractivity contribution in [3.63, 3.8) is 0 Å². The zero-order valence-electron chi connectivity index (χ0n) is 21.6. The van der Waals surface area contributed by atoms with Crippen LogP contribution in [0.4, 0.5) is 0 Å². The van der Waals surface area contributed by atoms with Crippen molar-refractivity contribution in [3.8, 4) is 0 Å². The van der Waals surface area contributed by atoms with E-state index in [2.05, 4.69) is 10.6 Å².